The highest BCUT2D eigenvalue weighted by atomic mass is 15.1. The summed E-state index contributed by atoms with van der Waals surface area (Å²) in [6.07, 6.45) is 0. The van der Waals surface area contributed by atoms with Gasteiger partial charge in [-0.2, -0.15) is 7.05 Å². The summed E-state index contributed by atoms with van der Waals surface area (Å²) in [6, 6.07) is 0. The third-order valence-electron chi connectivity index (χ3n) is 0.771. The zero-order valence-corrected chi connectivity index (χ0v) is 5.31. The second-order valence-corrected chi connectivity index (χ2v) is 1.84. The van der Waals surface area contributed by atoms with Crippen LogP contribution < -0.4 is 0 Å². The molecule has 0 aliphatic carbocycles. The van der Waals surface area contributed by atoms with Crippen molar-refractivity contribution < 1.29 is 0 Å². The summed E-state index contributed by atoms with van der Waals surface area (Å²) < 4.78 is 0. The molecule has 7 heavy (non-hydrogen) atoms. The lowest BCUT2D eigenvalue weighted by molar-refractivity contribution is 0.427. The maximum absolute atomic E-state index is 3.93. The Kier molecular flexibility index (Phi) is 4.04. The molecule has 0 rings (SSSR count). The van der Waals surface area contributed by atoms with Gasteiger partial charge in [-0.25, -0.2) is 0 Å². The van der Waals surface area contributed by atoms with Gasteiger partial charge in [0.2, 0.25) is 0 Å². The van der Waals surface area contributed by atoms with Crippen LogP contribution in [0, 0.1) is 0 Å². The molecular weight excluding hydrogens is 88.1 g/mol. The molecule has 0 spiro atoms. The largest absolute Gasteiger partial charge is 0.664 e. The molecule has 2 nitrogen and oxygen atoms in total. The Morgan fingerprint density at radius 1 is 1.43 bits per heavy atom. The summed E-state index contributed by atoms with van der Waals surface area (Å²) in [5, 5.41) is 3.93. The maximum atomic E-state index is 3.93. The van der Waals surface area contributed by atoms with E-state index < -0.39 is 0 Å². The molecule has 0 aromatic heterocycles. The van der Waals surface area contributed by atoms with Gasteiger partial charge < -0.3 is 10.2 Å². The van der Waals surface area contributed by atoms with Crippen molar-refractivity contribution in [3.8, 4) is 0 Å². The number of hydrogen-bond donors (Lipinski definition) is 0. The Labute approximate surface area is 45.5 Å². The molecule has 0 heterocycles. The van der Waals surface area contributed by atoms with Crippen LogP contribution in [0.15, 0.2) is 0 Å². The standard InChI is InChI=1S/C5H13N2/c1-6-4-5-7(2)3/h4-5H2,1-3H3/q-1. The van der Waals surface area contributed by atoms with Gasteiger partial charge in [0.05, 0.1) is 0 Å². The number of likely N-dealkylation sites (N-methyl/N-ethyl adjacent to an activating group) is 2. The van der Waals surface area contributed by atoms with Crippen molar-refractivity contribution in [3.63, 3.8) is 0 Å². The van der Waals surface area contributed by atoms with E-state index in [1.807, 2.05) is 21.1 Å². The smallest absolute Gasteiger partial charge is 0.0138 e. The molecule has 0 amide bonds. The second kappa shape index (κ2) is 4.09. The van der Waals surface area contributed by atoms with E-state index in [0.717, 1.165) is 13.1 Å². The fourth-order valence-electron chi connectivity index (χ4n) is 0.300. The molecule has 0 aromatic carbocycles. The first-order valence-corrected chi connectivity index (χ1v) is 2.47. The molecule has 0 saturated carbocycles. The van der Waals surface area contributed by atoms with Crippen molar-refractivity contribution in [3.05, 3.63) is 5.32 Å². The highest BCUT2D eigenvalue weighted by Crippen LogP contribution is 1.78. The lowest BCUT2D eigenvalue weighted by Gasteiger charge is -2.15. The molecule has 0 radical (unpaired) electrons. The van der Waals surface area contributed by atoms with Crippen LogP contribution in [0.5, 0.6) is 0 Å². The van der Waals surface area contributed by atoms with Gasteiger partial charge in [-0.15, -0.1) is 6.54 Å². The fraction of sp³-hybridized carbons (Fsp3) is 1.00. The minimum absolute atomic E-state index is 0.951. The van der Waals surface area contributed by atoms with Crippen molar-refractivity contribution in [2.45, 2.75) is 0 Å². The summed E-state index contributed by atoms with van der Waals surface area (Å²) in [5.41, 5.74) is 0. The molecule has 2 heteroatoms. The SMILES string of the molecule is C[N-]CCN(C)C. The number of nitrogens with zero attached hydrogens (tertiary/aromatic N) is 2. The summed E-state index contributed by atoms with van der Waals surface area (Å²) in [7, 11) is 5.93. The molecule has 0 N–H and O–H groups in total. The van der Waals surface area contributed by atoms with Gasteiger partial charge in [-0.05, 0) is 20.6 Å². The lowest BCUT2D eigenvalue weighted by atomic mass is 10.6. The van der Waals surface area contributed by atoms with Crippen molar-refractivity contribution in [1.82, 2.24) is 4.90 Å². The summed E-state index contributed by atoms with van der Waals surface area (Å²) in [6.45, 7) is 2.02. The van der Waals surface area contributed by atoms with Gasteiger partial charge in [0.25, 0.3) is 0 Å². The molecule has 0 fully saturated rings. The third kappa shape index (κ3) is 5.92. The first kappa shape index (κ1) is 6.92. The van der Waals surface area contributed by atoms with Crippen LogP contribution in [0.2, 0.25) is 0 Å². The zero-order valence-electron chi connectivity index (χ0n) is 5.31. The molecule has 0 aliphatic rings. The topological polar surface area (TPSA) is 17.3 Å². The predicted molar refractivity (Wildman–Crippen MR) is 32.7 cm³/mol. The van der Waals surface area contributed by atoms with Crippen LogP contribution in [0.3, 0.4) is 0 Å². The average Bonchev–Trinajstić information content (AvgIpc) is 1.61. The highest BCUT2D eigenvalue weighted by Gasteiger charge is 1.77. The summed E-state index contributed by atoms with van der Waals surface area (Å²) in [5.74, 6) is 0. The third-order valence-corrected chi connectivity index (χ3v) is 0.771. The van der Waals surface area contributed by atoms with E-state index in [-0.39, 0.29) is 0 Å². The first-order chi connectivity index (χ1) is 3.27. The van der Waals surface area contributed by atoms with Gasteiger partial charge >= 0.3 is 0 Å². The van der Waals surface area contributed by atoms with E-state index in [0.29, 0.717) is 0 Å². The van der Waals surface area contributed by atoms with Crippen molar-refractivity contribution in [2.24, 2.45) is 0 Å². The van der Waals surface area contributed by atoms with Crippen LogP contribution >= 0.6 is 0 Å². The Morgan fingerprint density at radius 3 is 2.14 bits per heavy atom. The van der Waals surface area contributed by atoms with E-state index in [2.05, 4.69) is 10.2 Å². The van der Waals surface area contributed by atoms with Gasteiger partial charge in [0.1, 0.15) is 0 Å². The van der Waals surface area contributed by atoms with Crippen molar-refractivity contribution in [1.29, 1.82) is 0 Å². The summed E-state index contributed by atoms with van der Waals surface area (Å²) in [4.78, 5) is 2.12. The Bertz CT molecular complexity index is 35.1. The Balaban J connectivity index is 2.68. The van der Waals surface area contributed by atoms with Gasteiger partial charge in [-0.3, -0.25) is 0 Å². The number of hydrogen-bond acceptors (Lipinski definition) is 1. The maximum Gasteiger partial charge on any atom is -0.0138 e. The van der Waals surface area contributed by atoms with Crippen LogP contribution in [0.1, 0.15) is 0 Å². The Hall–Kier alpha value is -0.0800. The van der Waals surface area contributed by atoms with Crippen LogP contribution in [-0.2, 0) is 0 Å². The normalized spacial score (nSPS) is 10.3. The minimum Gasteiger partial charge on any atom is -0.664 e. The van der Waals surface area contributed by atoms with E-state index in [4.69, 9.17) is 0 Å². The molecule has 0 atom stereocenters. The van der Waals surface area contributed by atoms with Gasteiger partial charge in [0, 0.05) is 0 Å². The van der Waals surface area contributed by atoms with Crippen LogP contribution in [-0.4, -0.2) is 39.1 Å². The highest BCUT2D eigenvalue weighted by molar-refractivity contribution is 4.70. The molecule has 44 valence electrons. The van der Waals surface area contributed by atoms with E-state index in [9.17, 15) is 0 Å². The minimum atomic E-state index is 0.951. The van der Waals surface area contributed by atoms with Crippen molar-refractivity contribution >= 4 is 0 Å². The van der Waals surface area contributed by atoms with E-state index in [1.165, 1.54) is 0 Å². The Morgan fingerprint density at radius 2 is 2.00 bits per heavy atom. The second-order valence-electron chi connectivity index (χ2n) is 1.84. The lowest BCUT2D eigenvalue weighted by Crippen LogP contribution is -2.15. The van der Waals surface area contributed by atoms with Crippen molar-refractivity contribution in [2.75, 3.05) is 34.2 Å². The quantitative estimate of drug-likeness (QED) is 0.507. The van der Waals surface area contributed by atoms with Gasteiger partial charge in [-0.1, -0.05) is 0 Å². The molecule has 0 bridgehead atoms. The van der Waals surface area contributed by atoms with Crippen LogP contribution in [0.25, 0.3) is 5.32 Å². The fourth-order valence-corrected chi connectivity index (χ4v) is 0.300. The average molecular weight is 101 g/mol. The molecule has 0 unspecified atom stereocenters. The molecule has 0 aromatic rings. The van der Waals surface area contributed by atoms with Crippen LogP contribution in [0.4, 0.5) is 0 Å². The van der Waals surface area contributed by atoms with E-state index in [1.54, 1.807) is 0 Å². The first-order valence-electron chi connectivity index (χ1n) is 2.47. The van der Waals surface area contributed by atoms with Gasteiger partial charge in [0.15, 0.2) is 0 Å². The molecule has 0 saturated heterocycles. The number of rotatable bonds is 3. The zero-order chi connectivity index (χ0) is 5.70. The molecule has 0 aliphatic heterocycles. The molecular formula is C5H13N2-. The summed E-state index contributed by atoms with van der Waals surface area (Å²) >= 11 is 0. The predicted octanol–water partition coefficient (Wildman–Crippen LogP) is 0.552. The monoisotopic (exact) mass is 101 g/mol. The van der Waals surface area contributed by atoms with E-state index >= 15 is 0 Å².